The third-order valence-corrected chi connectivity index (χ3v) is 4.35. The lowest BCUT2D eigenvalue weighted by Gasteiger charge is -2.24. The molecule has 1 N–H and O–H groups in total. The highest BCUT2D eigenvalue weighted by Gasteiger charge is 2.24. The lowest BCUT2D eigenvalue weighted by atomic mass is 10.1. The van der Waals surface area contributed by atoms with Crippen LogP contribution in [-0.2, 0) is 22.4 Å². The molecule has 1 aromatic carbocycles. The van der Waals surface area contributed by atoms with Gasteiger partial charge < -0.3 is 15.0 Å². The Morgan fingerprint density at radius 3 is 2.91 bits per heavy atom. The number of nitrogens with one attached hydrogen (secondary N) is 1. The number of aryl methyl sites for hydroxylation is 2. The van der Waals surface area contributed by atoms with Crippen LogP contribution in [0, 0.1) is 0 Å². The molecule has 1 atom stereocenters. The first-order chi connectivity index (χ1) is 10.6. The Morgan fingerprint density at radius 1 is 1.23 bits per heavy atom. The van der Waals surface area contributed by atoms with Gasteiger partial charge in [0.05, 0.1) is 0 Å². The van der Waals surface area contributed by atoms with Crippen molar-refractivity contribution in [3.8, 4) is 5.75 Å². The average Bonchev–Trinajstić information content (AvgIpc) is 2.86. The fraction of sp³-hybridized carbons (Fsp3) is 0.529. The minimum Gasteiger partial charge on any atom is -0.481 e. The molecule has 0 spiro atoms. The maximum atomic E-state index is 12.5. The molecule has 0 unspecified atom stereocenters. The molecule has 0 bridgehead atoms. The summed E-state index contributed by atoms with van der Waals surface area (Å²) >= 11 is 0. The molecule has 22 heavy (non-hydrogen) atoms. The van der Waals surface area contributed by atoms with Gasteiger partial charge in [0.1, 0.15) is 5.75 Å². The second kappa shape index (κ2) is 6.38. The van der Waals surface area contributed by atoms with Crippen molar-refractivity contribution in [1.82, 2.24) is 10.2 Å². The van der Waals surface area contributed by atoms with Crippen LogP contribution in [0.3, 0.4) is 0 Å². The van der Waals surface area contributed by atoms with Crippen molar-refractivity contribution in [2.75, 3.05) is 19.6 Å². The molecule has 0 radical (unpaired) electrons. The summed E-state index contributed by atoms with van der Waals surface area (Å²) in [5, 5.41) is 2.77. The van der Waals surface area contributed by atoms with Gasteiger partial charge >= 0.3 is 0 Å². The molecule has 2 aliphatic rings. The van der Waals surface area contributed by atoms with Gasteiger partial charge in [-0.3, -0.25) is 9.59 Å². The van der Waals surface area contributed by atoms with E-state index in [9.17, 15) is 9.59 Å². The predicted molar refractivity (Wildman–Crippen MR) is 82.8 cm³/mol. The summed E-state index contributed by atoms with van der Waals surface area (Å²) in [6.07, 6.45) is 3.25. The Labute approximate surface area is 130 Å². The Hall–Kier alpha value is -2.04. The summed E-state index contributed by atoms with van der Waals surface area (Å²) in [5.74, 6) is 0.699. The molecule has 1 saturated heterocycles. The molecule has 1 aliphatic carbocycles. The minimum absolute atomic E-state index is 0.00231. The van der Waals surface area contributed by atoms with Crippen molar-refractivity contribution in [1.29, 1.82) is 0 Å². The first-order valence-electron chi connectivity index (χ1n) is 7.97. The smallest absolute Gasteiger partial charge is 0.263 e. The third-order valence-electron chi connectivity index (χ3n) is 4.35. The van der Waals surface area contributed by atoms with Gasteiger partial charge in [-0.05, 0) is 49.4 Å². The molecule has 5 heteroatoms. The Bertz CT molecular complexity index is 585. The Kier molecular flexibility index (Phi) is 4.32. The van der Waals surface area contributed by atoms with Gasteiger partial charge in [0.25, 0.3) is 5.91 Å². The second-order valence-electron chi connectivity index (χ2n) is 5.97. The van der Waals surface area contributed by atoms with Crippen molar-refractivity contribution in [2.45, 2.75) is 38.7 Å². The summed E-state index contributed by atoms with van der Waals surface area (Å²) in [7, 11) is 0. The Morgan fingerprint density at radius 2 is 2.05 bits per heavy atom. The number of carbonyl (C=O) groups is 2. The van der Waals surface area contributed by atoms with E-state index in [1.807, 2.05) is 6.07 Å². The van der Waals surface area contributed by atoms with Crippen LogP contribution in [0.1, 0.15) is 30.9 Å². The van der Waals surface area contributed by atoms with E-state index in [-0.39, 0.29) is 11.8 Å². The molecule has 1 heterocycles. The number of fused-ring (bicyclic) bond motifs is 1. The standard InChI is InChI=1S/C17H22N2O3/c1-12(17(21)19-9-7-16(20)18-8-10-19)22-15-6-5-13-3-2-4-14(13)11-15/h5-6,11-12H,2-4,7-10H2,1H3,(H,18,20)/t12-/m1/s1. The van der Waals surface area contributed by atoms with Gasteiger partial charge in [-0.2, -0.15) is 0 Å². The number of amides is 2. The molecule has 118 valence electrons. The number of benzene rings is 1. The van der Waals surface area contributed by atoms with Crippen LogP contribution in [0.5, 0.6) is 5.75 Å². The van der Waals surface area contributed by atoms with E-state index in [1.54, 1.807) is 11.8 Å². The molecule has 5 nitrogen and oxygen atoms in total. The summed E-state index contributed by atoms with van der Waals surface area (Å²) in [4.78, 5) is 25.5. The number of ether oxygens (including phenoxy) is 1. The zero-order valence-electron chi connectivity index (χ0n) is 12.9. The van der Waals surface area contributed by atoms with Crippen molar-refractivity contribution >= 4 is 11.8 Å². The maximum absolute atomic E-state index is 12.5. The molecule has 3 rings (SSSR count). The summed E-state index contributed by atoms with van der Waals surface area (Å²) in [5.41, 5.74) is 2.73. The number of hydrogen-bond acceptors (Lipinski definition) is 3. The van der Waals surface area contributed by atoms with Crippen molar-refractivity contribution in [3.05, 3.63) is 29.3 Å². The minimum atomic E-state index is -0.535. The zero-order chi connectivity index (χ0) is 15.5. The highest BCUT2D eigenvalue weighted by molar-refractivity contribution is 5.83. The van der Waals surface area contributed by atoms with Crippen LogP contribution < -0.4 is 10.1 Å². The van der Waals surface area contributed by atoms with Crippen LogP contribution in [0.4, 0.5) is 0 Å². The Balaban J connectivity index is 1.62. The zero-order valence-corrected chi connectivity index (χ0v) is 12.9. The first kappa shape index (κ1) is 14.9. The van der Waals surface area contributed by atoms with Gasteiger partial charge in [0.2, 0.25) is 5.91 Å². The molecule has 2 amide bonds. The van der Waals surface area contributed by atoms with E-state index < -0.39 is 6.10 Å². The van der Waals surface area contributed by atoms with E-state index in [2.05, 4.69) is 17.4 Å². The topological polar surface area (TPSA) is 58.6 Å². The quantitative estimate of drug-likeness (QED) is 0.915. The fourth-order valence-electron chi connectivity index (χ4n) is 3.12. The molecular weight excluding hydrogens is 280 g/mol. The number of nitrogens with zero attached hydrogens (tertiary/aromatic N) is 1. The van der Waals surface area contributed by atoms with Crippen LogP contribution in [0.25, 0.3) is 0 Å². The van der Waals surface area contributed by atoms with Gasteiger partial charge in [-0.15, -0.1) is 0 Å². The summed E-state index contributed by atoms with van der Waals surface area (Å²) < 4.78 is 5.83. The first-order valence-corrected chi connectivity index (χ1v) is 7.97. The van der Waals surface area contributed by atoms with E-state index in [0.29, 0.717) is 26.1 Å². The average molecular weight is 302 g/mol. The lowest BCUT2D eigenvalue weighted by Crippen LogP contribution is -2.42. The van der Waals surface area contributed by atoms with E-state index in [1.165, 1.54) is 17.5 Å². The SMILES string of the molecule is C[C@@H](Oc1ccc2c(c1)CCC2)C(=O)N1CCNC(=O)CC1. The van der Waals surface area contributed by atoms with Crippen LogP contribution in [-0.4, -0.2) is 42.5 Å². The molecule has 0 aromatic heterocycles. The predicted octanol–water partition coefficient (Wildman–Crippen LogP) is 1.29. The van der Waals surface area contributed by atoms with Crippen LogP contribution in [0.2, 0.25) is 0 Å². The maximum Gasteiger partial charge on any atom is 0.263 e. The molecule has 0 saturated carbocycles. The van der Waals surface area contributed by atoms with Crippen molar-refractivity contribution in [3.63, 3.8) is 0 Å². The van der Waals surface area contributed by atoms with Gasteiger partial charge in [-0.25, -0.2) is 0 Å². The second-order valence-corrected chi connectivity index (χ2v) is 5.97. The van der Waals surface area contributed by atoms with Gasteiger partial charge in [0, 0.05) is 26.1 Å². The van der Waals surface area contributed by atoms with Crippen LogP contribution >= 0.6 is 0 Å². The number of hydrogen-bond donors (Lipinski definition) is 1. The number of carbonyl (C=O) groups excluding carboxylic acids is 2. The van der Waals surface area contributed by atoms with Gasteiger partial charge in [0.15, 0.2) is 6.10 Å². The monoisotopic (exact) mass is 302 g/mol. The van der Waals surface area contributed by atoms with Gasteiger partial charge in [-0.1, -0.05) is 6.07 Å². The molecular formula is C17H22N2O3. The third kappa shape index (κ3) is 3.24. The summed E-state index contributed by atoms with van der Waals surface area (Å²) in [6.45, 7) is 3.29. The van der Waals surface area contributed by atoms with E-state index >= 15 is 0 Å². The summed E-state index contributed by atoms with van der Waals surface area (Å²) in [6, 6.07) is 6.10. The van der Waals surface area contributed by atoms with Crippen LogP contribution in [0.15, 0.2) is 18.2 Å². The number of rotatable bonds is 3. The molecule has 1 aromatic rings. The fourth-order valence-corrected chi connectivity index (χ4v) is 3.12. The largest absolute Gasteiger partial charge is 0.481 e. The lowest BCUT2D eigenvalue weighted by molar-refractivity contribution is -0.137. The van der Waals surface area contributed by atoms with E-state index in [0.717, 1.165) is 18.6 Å². The molecule has 1 fully saturated rings. The van der Waals surface area contributed by atoms with E-state index in [4.69, 9.17) is 4.74 Å². The highest BCUT2D eigenvalue weighted by Crippen LogP contribution is 2.26. The normalized spacial score (nSPS) is 19.1. The molecule has 1 aliphatic heterocycles. The van der Waals surface area contributed by atoms with Crippen molar-refractivity contribution in [2.24, 2.45) is 0 Å². The van der Waals surface area contributed by atoms with Crippen molar-refractivity contribution < 1.29 is 14.3 Å². The highest BCUT2D eigenvalue weighted by atomic mass is 16.5.